The number of aliphatic carboxylic acids is 1. The molecule has 1 aromatic carbocycles. The van der Waals surface area contributed by atoms with Crippen LogP contribution in [0.2, 0.25) is 0 Å². The molecule has 0 saturated carbocycles. The monoisotopic (exact) mass is 411 g/mol. The second kappa shape index (κ2) is 18.8. The van der Waals surface area contributed by atoms with Crippen LogP contribution in [-0.4, -0.2) is 16.1 Å². The van der Waals surface area contributed by atoms with Gasteiger partial charge in [0.2, 0.25) is 0 Å². The third-order valence-electron chi connectivity index (χ3n) is 5.23. The molecule has 1 aromatic heterocycles. The van der Waals surface area contributed by atoms with E-state index in [1.54, 1.807) is 0 Å². The van der Waals surface area contributed by atoms with E-state index in [1.165, 1.54) is 70.6 Å². The summed E-state index contributed by atoms with van der Waals surface area (Å²) in [7, 11) is 0. The van der Waals surface area contributed by atoms with Gasteiger partial charge in [0.25, 0.3) is 0 Å². The number of rotatable bonds is 15. The number of unbranched alkanes of at least 4 members (excludes halogenated alkanes) is 12. The number of benzene rings is 1. The third kappa shape index (κ3) is 14.8. The van der Waals surface area contributed by atoms with Gasteiger partial charge < -0.3 is 5.11 Å². The lowest BCUT2D eigenvalue weighted by molar-refractivity contribution is -0.137. The van der Waals surface area contributed by atoms with Gasteiger partial charge in [-0.15, -0.1) is 0 Å². The van der Waals surface area contributed by atoms with Gasteiger partial charge in [0.15, 0.2) is 0 Å². The highest BCUT2D eigenvalue weighted by Crippen LogP contribution is 2.14. The Labute approximate surface area is 184 Å². The Balaban J connectivity index is 0.000000321. The van der Waals surface area contributed by atoms with Gasteiger partial charge in [-0.3, -0.25) is 9.78 Å². The van der Waals surface area contributed by atoms with Crippen molar-refractivity contribution in [1.82, 2.24) is 4.98 Å². The summed E-state index contributed by atoms with van der Waals surface area (Å²) in [5, 5.41) is 8.49. The molecule has 0 aliphatic carbocycles. The first-order chi connectivity index (χ1) is 14.7. The molecule has 30 heavy (non-hydrogen) atoms. The van der Waals surface area contributed by atoms with E-state index in [0.29, 0.717) is 6.42 Å². The highest BCUT2D eigenvalue weighted by molar-refractivity contribution is 5.66. The summed E-state index contributed by atoms with van der Waals surface area (Å²) in [5.41, 5.74) is 2.19. The average Bonchev–Trinajstić information content (AvgIpc) is 2.78. The molecule has 2 rings (SSSR count). The molecule has 0 atom stereocenters. The molecular formula is C27H41NO2. The van der Waals surface area contributed by atoms with Gasteiger partial charge >= 0.3 is 5.97 Å². The fourth-order valence-corrected chi connectivity index (χ4v) is 3.44. The molecule has 1 heterocycles. The van der Waals surface area contributed by atoms with Crippen LogP contribution in [0.5, 0.6) is 0 Å². The van der Waals surface area contributed by atoms with E-state index in [4.69, 9.17) is 5.11 Å². The Morgan fingerprint density at radius 1 is 0.700 bits per heavy atom. The van der Waals surface area contributed by atoms with Gasteiger partial charge in [0.1, 0.15) is 0 Å². The molecule has 0 radical (unpaired) electrons. The van der Waals surface area contributed by atoms with Crippen molar-refractivity contribution < 1.29 is 9.90 Å². The van der Waals surface area contributed by atoms with Gasteiger partial charge in [0, 0.05) is 18.2 Å². The van der Waals surface area contributed by atoms with Crippen LogP contribution in [0, 0.1) is 0 Å². The number of carbonyl (C=O) groups is 1. The van der Waals surface area contributed by atoms with Crippen LogP contribution < -0.4 is 0 Å². The molecule has 166 valence electrons. The van der Waals surface area contributed by atoms with Crippen molar-refractivity contribution in [2.75, 3.05) is 0 Å². The van der Waals surface area contributed by atoms with Crippen LogP contribution in [-0.2, 0) is 4.79 Å². The average molecular weight is 412 g/mol. The van der Waals surface area contributed by atoms with Crippen LogP contribution in [0.4, 0.5) is 0 Å². The van der Waals surface area contributed by atoms with Crippen molar-refractivity contribution in [1.29, 1.82) is 0 Å². The maximum atomic E-state index is 10.3. The number of hydrogen-bond acceptors (Lipinski definition) is 2. The van der Waals surface area contributed by atoms with E-state index in [2.05, 4.69) is 24.0 Å². The summed E-state index contributed by atoms with van der Waals surface area (Å²) < 4.78 is 0. The first-order valence-electron chi connectivity index (χ1n) is 11.9. The summed E-state index contributed by atoms with van der Waals surface area (Å²) in [4.78, 5) is 14.5. The van der Waals surface area contributed by atoms with Crippen molar-refractivity contribution in [3.63, 3.8) is 0 Å². The molecule has 0 unspecified atom stereocenters. The molecule has 1 N–H and O–H groups in total. The Hall–Kier alpha value is -2.16. The highest BCUT2D eigenvalue weighted by Gasteiger charge is 1.97. The standard InChI is InChI=1S/C16H32O2.C11H9N/c1-2-3-4-5-6-7-8-9-10-11-12-13-14-15-16(17)18;1-2-6-10(7-3-1)11-8-4-5-9-12-11/h2-15H2,1H3,(H,17,18);1-9H. The van der Waals surface area contributed by atoms with E-state index in [-0.39, 0.29) is 0 Å². The molecule has 3 nitrogen and oxygen atoms in total. The fourth-order valence-electron chi connectivity index (χ4n) is 3.44. The van der Waals surface area contributed by atoms with Crippen molar-refractivity contribution in [3.8, 4) is 11.3 Å². The molecule has 0 amide bonds. The van der Waals surface area contributed by atoms with Crippen LogP contribution in [0.15, 0.2) is 54.7 Å². The molecule has 0 spiro atoms. The van der Waals surface area contributed by atoms with Gasteiger partial charge in [-0.2, -0.15) is 0 Å². The topological polar surface area (TPSA) is 50.2 Å². The van der Waals surface area contributed by atoms with Gasteiger partial charge in [-0.1, -0.05) is 120 Å². The molecule has 3 heteroatoms. The van der Waals surface area contributed by atoms with Gasteiger partial charge in [-0.05, 0) is 18.6 Å². The number of pyridine rings is 1. The van der Waals surface area contributed by atoms with Gasteiger partial charge in [-0.25, -0.2) is 0 Å². The smallest absolute Gasteiger partial charge is 0.303 e. The predicted molar refractivity (Wildman–Crippen MR) is 128 cm³/mol. The normalized spacial score (nSPS) is 10.3. The lowest BCUT2D eigenvalue weighted by Gasteiger charge is -2.02. The zero-order valence-corrected chi connectivity index (χ0v) is 18.9. The number of hydrogen-bond donors (Lipinski definition) is 1. The van der Waals surface area contributed by atoms with Crippen molar-refractivity contribution >= 4 is 5.97 Å². The summed E-state index contributed by atoms with van der Waals surface area (Å²) >= 11 is 0. The van der Waals surface area contributed by atoms with Crippen molar-refractivity contribution in [3.05, 3.63) is 54.7 Å². The zero-order valence-electron chi connectivity index (χ0n) is 18.9. The SMILES string of the molecule is CCCCCCCCCCCCCCCC(=O)O.c1ccc(-c2ccccn2)cc1. The van der Waals surface area contributed by atoms with Crippen LogP contribution in [0.1, 0.15) is 96.8 Å². The molecule has 0 aliphatic heterocycles. The summed E-state index contributed by atoms with van der Waals surface area (Å²) in [6.07, 6.45) is 19.1. The van der Waals surface area contributed by atoms with Crippen molar-refractivity contribution in [2.24, 2.45) is 0 Å². The largest absolute Gasteiger partial charge is 0.481 e. The van der Waals surface area contributed by atoms with Crippen LogP contribution in [0.25, 0.3) is 11.3 Å². The minimum Gasteiger partial charge on any atom is -0.481 e. The molecule has 0 bridgehead atoms. The molecule has 2 aromatic rings. The zero-order chi connectivity index (χ0) is 21.7. The maximum absolute atomic E-state index is 10.3. The number of carboxylic acid groups (broad SMARTS) is 1. The minimum absolute atomic E-state index is 0.345. The van der Waals surface area contributed by atoms with E-state index in [9.17, 15) is 4.79 Å². The van der Waals surface area contributed by atoms with E-state index >= 15 is 0 Å². The van der Waals surface area contributed by atoms with E-state index in [0.717, 1.165) is 24.1 Å². The first kappa shape index (κ1) is 25.9. The summed E-state index contributed by atoms with van der Waals surface area (Å²) in [6.45, 7) is 2.26. The summed E-state index contributed by atoms with van der Waals surface area (Å²) in [5.74, 6) is -0.655. The second-order valence-electron chi connectivity index (χ2n) is 7.97. The predicted octanol–water partition coefficient (Wildman–Crippen LogP) is 8.30. The second-order valence-corrected chi connectivity index (χ2v) is 7.97. The quantitative estimate of drug-likeness (QED) is 0.300. The highest BCUT2D eigenvalue weighted by atomic mass is 16.4. The lowest BCUT2D eigenvalue weighted by Crippen LogP contribution is -1.93. The molecule has 0 saturated heterocycles. The Kier molecular flexibility index (Phi) is 16.3. The lowest BCUT2D eigenvalue weighted by atomic mass is 10.0. The van der Waals surface area contributed by atoms with Crippen molar-refractivity contribution in [2.45, 2.75) is 96.8 Å². The molecule has 0 aliphatic rings. The van der Waals surface area contributed by atoms with Crippen LogP contribution in [0.3, 0.4) is 0 Å². The molecular weight excluding hydrogens is 370 g/mol. The van der Waals surface area contributed by atoms with E-state index < -0.39 is 5.97 Å². The van der Waals surface area contributed by atoms with E-state index in [1.807, 2.05) is 42.6 Å². The number of aromatic nitrogens is 1. The summed E-state index contributed by atoms with van der Waals surface area (Å²) in [6, 6.07) is 16.1. The first-order valence-corrected chi connectivity index (χ1v) is 11.9. The minimum atomic E-state index is -0.655. The Morgan fingerprint density at radius 3 is 1.67 bits per heavy atom. The van der Waals surface area contributed by atoms with Crippen LogP contribution >= 0.6 is 0 Å². The third-order valence-corrected chi connectivity index (χ3v) is 5.23. The Bertz CT molecular complexity index is 590. The number of nitrogens with zero attached hydrogens (tertiary/aromatic N) is 1. The number of carboxylic acids is 1. The molecule has 0 fully saturated rings. The Morgan fingerprint density at radius 2 is 1.20 bits per heavy atom. The fraction of sp³-hybridized carbons (Fsp3) is 0.556. The van der Waals surface area contributed by atoms with Gasteiger partial charge in [0.05, 0.1) is 5.69 Å². The maximum Gasteiger partial charge on any atom is 0.303 e.